The molecule has 0 spiro atoms. The lowest BCUT2D eigenvalue weighted by Crippen LogP contribution is -2.52. The third-order valence-electron chi connectivity index (χ3n) is 4.44. The first kappa shape index (κ1) is 12.9. The zero-order chi connectivity index (χ0) is 13.5. The van der Waals surface area contributed by atoms with Gasteiger partial charge in [-0.3, -0.25) is 0 Å². The maximum absolute atomic E-state index is 14.2. The fraction of sp³-hybridized carbons (Fsp3) is 0.600. The van der Waals surface area contributed by atoms with Gasteiger partial charge >= 0.3 is 0 Å². The van der Waals surface area contributed by atoms with Gasteiger partial charge < -0.3 is 10.1 Å². The van der Waals surface area contributed by atoms with E-state index >= 15 is 0 Å². The van der Waals surface area contributed by atoms with E-state index in [0.717, 1.165) is 24.2 Å². The average molecular weight is 267 g/mol. The molecule has 3 unspecified atom stereocenters. The van der Waals surface area contributed by atoms with Gasteiger partial charge in [-0.05, 0) is 37.0 Å². The van der Waals surface area contributed by atoms with Crippen LogP contribution in [0.4, 0.5) is 8.78 Å². The molecule has 0 aliphatic carbocycles. The van der Waals surface area contributed by atoms with Crippen molar-refractivity contribution in [3.05, 3.63) is 29.8 Å². The smallest absolute Gasteiger partial charge is 0.254 e. The number of piperidine rings is 1. The van der Waals surface area contributed by atoms with Crippen molar-refractivity contribution in [2.45, 2.75) is 43.7 Å². The van der Waals surface area contributed by atoms with Gasteiger partial charge in [-0.15, -0.1) is 0 Å². The van der Waals surface area contributed by atoms with Crippen LogP contribution in [0.5, 0.6) is 5.75 Å². The molecule has 2 saturated heterocycles. The highest BCUT2D eigenvalue weighted by atomic mass is 19.3. The molecule has 19 heavy (non-hydrogen) atoms. The Morgan fingerprint density at radius 3 is 2.68 bits per heavy atom. The predicted octanol–water partition coefficient (Wildman–Crippen LogP) is 3.01. The van der Waals surface area contributed by atoms with Gasteiger partial charge in [0.05, 0.1) is 7.11 Å². The molecule has 1 aromatic carbocycles. The monoisotopic (exact) mass is 267 g/mol. The Bertz CT molecular complexity index is 446. The molecule has 2 bridgehead atoms. The van der Waals surface area contributed by atoms with Crippen molar-refractivity contribution >= 4 is 0 Å². The van der Waals surface area contributed by atoms with E-state index < -0.39 is 11.8 Å². The Morgan fingerprint density at radius 1 is 1.26 bits per heavy atom. The van der Waals surface area contributed by atoms with Crippen molar-refractivity contribution in [3.8, 4) is 5.75 Å². The number of rotatable bonds is 3. The number of fused-ring (bicyclic) bond motifs is 2. The minimum absolute atomic E-state index is 0.00960. The summed E-state index contributed by atoms with van der Waals surface area (Å²) in [5, 5.41) is 3.33. The van der Waals surface area contributed by atoms with Crippen LogP contribution in [0.1, 0.15) is 24.8 Å². The molecule has 0 amide bonds. The molecule has 0 saturated carbocycles. The van der Waals surface area contributed by atoms with Crippen LogP contribution in [-0.2, 0) is 6.42 Å². The fourth-order valence-electron chi connectivity index (χ4n) is 3.41. The highest BCUT2D eigenvalue weighted by Gasteiger charge is 2.52. The molecule has 0 radical (unpaired) electrons. The van der Waals surface area contributed by atoms with Crippen molar-refractivity contribution in [2.75, 3.05) is 7.11 Å². The van der Waals surface area contributed by atoms with E-state index in [0.29, 0.717) is 6.42 Å². The first-order valence-corrected chi connectivity index (χ1v) is 6.85. The molecule has 3 rings (SSSR count). The summed E-state index contributed by atoms with van der Waals surface area (Å²) in [5.74, 6) is -2.37. The van der Waals surface area contributed by atoms with Crippen LogP contribution in [0.2, 0.25) is 0 Å². The third kappa shape index (κ3) is 2.46. The van der Waals surface area contributed by atoms with Gasteiger partial charge in [-0.25, -0.2) is 8.78 Å². The van der Waals surface area contributed by atoms with Crippen LogP contribution < -0.4 is 10.1 Å². The van der Waals surface area contributed by atoms with Crippen molar-refractivity contribution < 1.29 is 13.5 Å². The average Bonchev–Trinajstić information content (AvgIpc) is 2.79. The van der Waals surface area contributed by atoms with Gasteiger partial charge in [0.15, 0.2) is 0 Å². The summed E-state index contributed by atoms with van der Waals surface area (Å²) >= 11 is 0. The highest BCUT2D eigenvalue weighted by Crippen LogP contribution is 2.43. The van der Waals surface area contributed by atoms with Gasteiger partial charge in [-0.1, -0.05) is 12.1 Å². The summed E-state index contributed by atoms with van der Waals surface area (Å²) in [6, 6.07) is 7.43. The molecular formula is C15H19F2NO. The van der Waals surface area contributed by atoms with Gasteiger partial charge in [-0.2, -0.15) is 0 Å². The van der Waals surface area contributed by atoms with E-state index in [1.165, 1.54) is 0 Å². The molecule has 3 atom stereocenters. The van der Waals surface area contributed by atoms with Crippen LogP contribution in [0, 0.1) is 5.92 Å². The molecule has 1 N–H and O–H groups in total. The summed E-state index contributed by atoms with van der Waals surface area (Å²) in [5.41, 5.74) is 0.956. The topological polar surface area (TPSA) is 21.3 Å². The quantitative estimate of drug-likeness (QED) is 0.909. The van der Waals surface area contributed by atoms with Crippen LogP contribution >= 0.6 is 0 Å². The zero-order valence-electron chi connectivity index (χ0n) is 11.0. The first-order valence-electron chi connectivity index (χ1n) is 6.85. The Hall–Kier alpha value is -1.16. The Labute approximate surface area is 112 Å². The largest absolute Gasteiger partial charge is 0.497 e. The maximum atomic E-state index is 14.2. The standard InChI is InChI=1S/C15H19F2NO/c1-19-12-5-2-10(3-6-12)8-13-14-7-4-11(18-14)9-15(13,16)17/h2-3,5-6,11,13-14,18H,4,7-9H2,1H3. The van der Waals surface area contributed by atoms with E-state index in [-0.39, 0.29) is 18.5 Å². The van der Waals surface area contributed by atoms with E-state index in [2.05, 4.69) is 5.32 Å². The maximum Gasteiger partial charge on any atom is 0.254 e. The van der Waals surface area contributed by atoms with Gasteiger partial charge in [0.25, 0.3) is 5.92 Å². The van der Waals surface area contributed by atoms with E-state index in [9.17, 15) is 8.78 Å². The number of hydrogen-bond acceptors (Lipinski definition) is 2. The fourth-order valence-corrected chi connectivity index (χ4v) is 3.41. The highest BCUT2D eigenvalue weighted by molar-refractivity contribution is 5.28. The number of nitrogens with one attached hydrogen (secondary N) is 1. The molecule has 2 aliphatic rings. The molecule has 0 aromatic heterocycles. The van der Waals surface area contributed by atoms with Gasteiger partial charge in [0.2, 0.25) is 0 Å². The number of hydrogen-bond donors (Lipinski definition) is 1. The third-order valence-corrected chi connectivity index (χ3v) is 4.44. The Balaban J connectivity index is 1.76. The predicted molar refractivity (Wildman–Crippen MR) is 69.7 cm³/mol. The summed E-state index contributed by atoms with van der Waals surface area (Å²) in [7, 11) is 1.60. The van der Waals surface area contributed by atoms with Crippen LogP contribution in [0.25, 0.3) is 0 Å². The SMILES string of the molecule is COc1ccc(CC2C3CCC(CC2(F)F)N3)cc1. The minimum atomic E-state index is -2.54. The molecule has 2 nitrogen and oxygen atoms in total. The first-order chi connectivity index (χ1) is 9.08. The second-order valence-corrected chi connectivity index (χ2v) is 5.67. The van der Waals surface area contributed by atoms with Gasteiger partial charge in [0, 0.05) is 24.4 Å². The Kier molecular flexibility index (Phi) is 3.21. The second kappa shape index (κ2) is 4.75. The molecule has 2 fully saturated rings. The van der Waals surface area contributed by atoms with Crippen LogP contribution in [0.15, 0.2) is 24.3 Å². The lowest BCUT2D eigenvalue weighted by molar-refractivity contribution is -0.0954. The lowest BCUT2D eigenvalue weighted by atomic mass is 9.83. The molecule has 104 valence electrons. The molecule has 1 aromatic rings. The molecule has 2 heterocycles. The lowest BCUT2D eigenvalue weighted by Gasteiger charge is -2.37. The summed E-state index contributed by atoms with van der Waals surface area (Å²) in [6.07, 6.45) is 2.19. The van der Waals surface area contributed by atoms with Crippen molar-refractivity contribution in [3.63, 3.8) is 0 Å². The van der Waals surface area contributed by atoms with Crippen molar-refractivity contribution in [2.24, 2.45) is 5.92 Å². The van der Waals surface area contributed by atoms with Gasteiger partial charge in [0.1, 0.15) is 5.75 Å². The molecule has 2 aliphatic heterocycles. The second-order valence-electron chi connectivity index (χ2n) is 5.67. The summed E-state index contributed by atoms with van der Waals surface area (Å²) in [6.45, 7) is 0. The minimum Gasteiger partial charge on any atom is -0.497 e. The van der Waals surface area contributed by atoms with E-state index in [1.54, 1.807) is 7.11 Å². The number of alkyl halides is 2. The number of halogens is 2. The van der Waals surface area contributed by atoms with E-state index in [1.807, 2.05) is 24.3 Å². The molecular weight excluding hydrogens is 248 g/mol. The number of ether oxygens (including phenoxy) is 1. The summed E-state index contributed by atoms with van der Waals surface area (Å²) in [4.78, 5) is 0. The van der Waals surface area contributed by atoms with Crippen molar-refractivity contribution in [1.82, 2.24) is 5.32 Å². The Morgan fingerprint density at radius 2 is 2.00 bits per heavy atom. The number of methoxy groups -OCH3 is 1. The number of benzene rings is 1. The molecule has 4 heteroatoms. The van der Waals surface area contributed by atoms with E-state index in [4.69, 9.17) is 4.74 Å². The summed E-state index contributed by atoms with van der Waals surface area (Å²) < 4.78 is 33.4. The van der Waals surface area contributed by atoms with Crippen molar-refractivity contribution in [1.29, 1.82) is 0 Å². The normalized spacial score (nSPS) is 32.3. The van der Waals surface area contributed by atoms with Crippen LogP contribution in [0.3, 0.4) is 0 Å². The zero-order valence-corrected chi connectivity index (χ0v) is 11.0. The van der Waals surface area contributed by atoms with Crippen LogP contribution in [-0.4, -0.2) is 25.1 Å².